The Morgan fingerprint density at radius 2 is 1.95 bits per heavy atom. The van der Waals surface area contributed by atoms with Gasteiger partial charge in [-0.3, -0.25) is 9.48 Å². The lowest BCUT2D eigenvalue weighted by atomic mass is 10.1. The Hall–Kier alpha value is -2.44. The molecule has 0 saturated heterocycles. The third kappa shape index (κ3) is 2.22. The summed E-state index contributed by atoms with van der Waals surface area (Å²) < 4.78 is 6.51. The molecule has 1 N–H and O–H groups in total. The van der Waals surface area contributed by atoms with Crippen LogP contribution in [-0.2, 0) is 6.54 Å². The zero-order chi connectivity index (χ0) is 15.0. The fraction of sp³-hybridized carbons (Fsp3) is 0.385. The molecule has 0 aromatic carbocycles. The molecule has 2 rings (SSSR count). The number of carboxylic acid groups (broad SMARTS) is 1. The monoisotopic (exact) mass is 277 g/mol. The second-order valence-corrected chi connectivity index (χ2v) is 4.63. The third-order valence-electron chi connectivity index (χ3n) is 3.23. The van der Waals surface area contributed by atoms with Crippen LogP contribution in [0.1, 0.15) is 50.5 Å². The number of hydrogen-bond acceptors (Lipinski definition) is 5. The lowest BCUT2D eigenvalue weighted by Gasteiger charge is -2.04. The van der Waals surface area contributed by atoms with Crippen LogP contribution in [-0.4, -0.2) is 31.8 Å². The number of aromatic carboxylic acids is 1. The zero-order valence-corrected chi connectivity index (χ0v) is 11.7. The van der Waals surface area contributed by atoms with Crippen molar-refractivity contribution in [3.63, 3.8) is 0 Å². The van der Waals surface area contributed by atoms with E-state index in [1.165, 1.54) is 6.92 Å². The van der Waals surface area contributed by atoms with Gasteiger partial charge in [0.2, 0.25) is 0 Å². The highest BCUT2D eigenvalue weighted by atomic mass is 16.5. The zero-order valence-electron chi connectivity index (χ0n) is 11.7. The maximum atomic E-state index is 11.6. The summed E-state index contributed by atoms with van der Waals surface area (Å²) in [5, 5.41) is 16.9. The highest BCUT2D eigenvalue weighted by molar-refractivity contribution is 5.96. The van der Waals surface area contributed by atoms with Crippen LogP contribution in [0.4, 0.5) is 0 Å². The normalized spacial score (nSPS) is 10.8. The molecule has 0 aliphatic carbocycles. The molecule has 0 atom stereocenters. The van der Waals surface area contributed by atoms with E-state index in [0.717, 1.165) is 0 Å². The Morgan fingerprint density at radius 3 is 2.45 bits per heavy atom. The molecule has 0 aliphatic heterocycles. The highest BCUT2D eigenvalue weighted by Gasteiger charge is 2.22. The molecule has 0 fully saturated rings. The van der Waals surface area contributed by atoms with Crippen LogP contribution < -0.4 is 0 Å². The average molecular weight is 277 g/mol. The van der Waals surface area contributed by atoms with Crippen molar-refractivity contribution in [2.24, 2.45) is 0 Å². The van der Waals surface area contributed by atoms with Gasteiger partial charge in [0.1, 0.15) is 5.76 Å². The van der Waals surface area contributed by atoms with Crippen LogP contribution in [0, 0.1) is 20.8 Å². The Balaban J connectivity index is 2.46. The molecule has 2 aromatic heterocycles. The minimum Gasteiger partial charge on any atom is -0.476 e. The summed E-state index contributed by atoms with van der Waals surface area (Å²) >= 11 is 0. The molecule has 2 heterocycles. The Bertz CT molecular complexity index is 697. The third-order valence-corrected chi connectivity index (χ3v) is 3.23. The fourth-order valence-electron chi connectivity index (χ4n) is 2.26. The number of aryl methyl sites for hydroxylation is 2. The van der Waals surface area contributed by atoms with E-state index in [1.807, 2.05) is 0 Å². The van der Waals surface area contributed by atoms with E-state index in [0.29, 0.717) is 28.3 Å². The van der Waals surface area contributed by atoms with Crippen molar-refractivity contribution in [2.45, 2.75) is 34.2 Å². The van der Waals surface area contributed by atoms with Crippen LogP contribution in [0.2, 0.25) is 0 Å². The lowest BCUT2D eigenvalue weighted by Crippen LogP contribution is -2.10. The Labute approximate surface area is 115 Å². The molecule has 20 heavy (non-hydrogen) atoms. The van der Waals surface area contributed by atoms with E-state index in [-0.39, 0.29) is 18.0 Å². The minimum atomic E-state index is -1.15. The van der Waals surface area contributed by atoms with Crippen molar-refractivity contribution in [1.29, 1.82) is 0 Å². The summed E-state index contributed by atoms with van der Waals surface area (Å²) in [6.07, 6.45) is 0. The van der Waals surface area contributed by atoms with Crippen LogP contribution in [0.5, 0.6) is 0 Å². The summed E-state index contributed by atoms with van der Waals surface area (Å²) in [6, 6.07) is 0. The number of aromatic nitrogens is 3. The van der Waals surface area contributed by atoms with Gasteiger partial charge in [-0.1, -0.05) is 5.16 Å². The fourth-order valence-corrected chi connectivity index (χ4v) is 2.26. The number of carbonyl (C=O) groups excluding carboxylic acids is 1. The molecule has 0 aliphatic rings. The largest absolute Gasteiger partial charge is 0.476 e. The molecule has 7 nitrogen and oxygen atoms in total. The maximum absolute atomic E-state index is 11.6. The number of carbonyl (C=O) groups is 2. The number of rotatable bonds is 4. The molecular weight excluding hydrogens is 262 g/mol. The standard InChI is InChI=1S/C13H15N3O4/c1-6-11(8(3)17)7(2)16(14-6)5-10-9(4)20-15-12(10)13(18)19/h5H2,1-4H3,(H,18,19). The van der Waals surface area contributed by atoms with Gasteiger partial charge in [0.05, 0.1) is 23.4 Å². The van der Waals surface area contributed by atoms with E-state index in [9.17, 15) is 9.59 Å². The van der Waals surface area contributed by atoms with Gasteiger partial charge in [-0.2, -0.15) is 5.10 Å². The van der Waals surface area contributed by atoms with Gasteiger partial charge in [-0.05, 0) is 27.7 Å². The number of Topliss-reactive ketones (excluding diaryl/α,β-unsaturated/α-hetero) is 1. The van der Waals surface area contributed by atoms with Crippen molar-refractivity contribution < 1.29 is 19.2 Å². The minimum absolute atomic E-state index is 0.0632. The van der Waals surface area contributed by atoms with Crippen molar-refractivity contribution in [1.82, 2.24) is 14.9 Å². The van der Waals surface area contributed by atoms with Gasteiger partial charge in [0.25, 0.3) is 0 Å². The summed E-state index contributed by atoms with van der Waals surface area (Å²) in [6.45, 7) is 6.86. The van der Waals surface area contributed by atoms with Gasteiger partial charge in [0, 0.05) is 5.69 Å². The van der Waals surface area contributed by atoms with E-state index < -0.39 is 5.97 Å². The smallest absolute Gasteiger partial charge is 0.358 e. The maximum Gasteiger partial charge on any atom is 0.358 e. The van der Waals surface area contributed by atoms with Crippen molar-refractivity contribution >= 4 is 11.8 Å². The Morgan fingerprint density at radius 1 is 1.30 bits per heavy atom. The second kappa shape index (κ2) is 4.92. The number of nitrogens with zero attached hydrogens (tertiary/aromatic N) is 3. The first-order valence-electron chi connectivity index (χ1n) is 6.06. The molecule has 0 radical (unpaired) electrons. The molecule has 0 amide bonds. The van der Waals surface area contributed by atoms with E-state index in [4.69, 9.17) is 9.63 Å². The van der Waals surface area contributed by atoms with Crippen LogP contribution in [0.3, 0.4) is 0 Å². The van der Waals surface area contributed by atoms with Gasteiger partial charge >= 0.3 is 5.97 Å². The van der Waals surface area contributed by atoms with Gasteiger partial charge < -0.3 is 9.63 Å². The van der Waals surface area contributed by atoms with E-state index >= 15 is 0 Å². The van der Waals surface area contributed by atoms with Gasteiger partial charge in [-0.25, -0.2) is 4.79 Å². The molecule has 7 heteroatoms. The first-order valence-corrected chi connectivity index (χ1v) is 6.06. The van der Waals surface area contributed by atoms with Crippen molar-refractivity contribution in [2.75, 3.05) is 0 Å². The van der Waals surface area contributed by atoms with E-state index in [1.54, 1.807) is 25.5 Å². The first-order chi connectivity index (χ1) is 9.32. The molecule has 0 spiro atoms. The summed E-state index contributed by atoms with van der Waals surface area (Å²) in [5.74, 6) is -0.781. The second-order valence-electron chi connectivity index (χ2n) is 4.63. The van der Waals surface area contributed by atoms with Gasteiger partial charge in [-0.15, -0.1) is 0 Å². The van der Waals surface area contributed by atoms with E-state index in [2.05, 4.69) is 10.3 Å². The van der Waals surface area contributed by atoms with Crippen LogP contribution >= 0.6 is 0 Å². The Kier molecular flexibility index (Phi) is 3.44. The highest BCUT2D eigenvalue weighted by Crippen LogP contribution is 2.19. The van der Waals surface area contributed by atoms with Crippen molar-refractivity contribution in [3.8, 4) is 0 Å². The summed E-state index contributed by atoms with van der Waals surface area (Å²) in [7, 11) is 0. The molecular formula is C13H15N3O4. The molecule has 0 bridgehead atoms. The predicted molar refractivity (Wildman–Crippen MR) is 69.0 cm³/mol. The SMILES string of the molecule is CC(=O)c1c(C)nn(Cc2c(C(=O)O)noc2C)c1C. The molecule has 106 valence electrons. The molecule has 2 aromatic rings. The predicted octanol–water partition coefficient (Wildman–Crippen LogP) is 1.75. The number of hydrogen-bond donors (Lipinski definition) is 1. The van der Waals surface area contributed by atoms with Crippen LogP contribution in [0.25, 0.3) is 0 Å². The topological polar surface area (TPSA) is 98.2 Å². The van der Waals surface area contributed by atoms with Crippen LogP contribution in [0.15, 0.2) is 4.52 Å². The quantitative estimate of drug-likeness (QED) is 0.855. The number of carboxylic acids is 1. The molecule has 0 saturated carbocycles. The summed E-state index contributed by atoms with van der Waals surface area (Å²) in [4.78, 5) is 22.7. The summed E-state index contributed by atoms with van der Waals surface area (Å²) in [5.41, 5.74) is 2.22. The molecule has 0 unspecified atom stereocenters. The van der Waals surface area contributed by atoms with Gasteiger partial charge in [0.15, 0.2) is 11.5 Å². The lowest BCUT2D eigenvalue weighted by molar-refractivity contribution is 0.0684. The first kappa shape index (κ1) is 14.0. The average Bonchev–Trinajstić information content (AvgIpc) is 2.82. The van der Waals surface area contributed by atoms with Crippen molar-refractivity contribution in [3.05, 3.63) is 34.0 Å². The number of ketones is 1.